The first-order valence-corrected chi connectivity index (χ1v) is 11.5. The molecule has 6 nitrogen and oxygen atoms in total. The fraction of sp³-hybridized carbons (Fsp3) is 0.375. The molecule has 2 aromatic carbocycles. The van der Waals surface area contributed by atoms with Crippen molar-refractivity contribution in [1.29, 1.82) is 0 Å². The molecule has 7 heteroatoms. The molecule has 1 N–H and O–H groups in total. The molecule has 0 saturated carbocycles. The molecule has 0 aliphatic carbocycles. The van der Waals surface area contributed by atoms with Crippen LogP contribution in [0, 0.1) is 25.7 Å². The number of rotatable bonds is 1. The van der Waals surface area contributed by atoms with Gasteiger partial charge >= 0.3 is 0 Å². The molecule has 31 heavy (non-hydrogen) atoms. The monoisotopic (exact) mass is 479 g/mol. The van der Waals surface area contributed by atoms with Crippen molar-refractivity contribution in [2.24, 2.45) is 11.8 Å². The first-order chi connectivity index (χ1) is 14.9. The van der Waals surface area contributed by atoms with Crippen molar-refractivity contribution in [2.45, 2.75) is 38.3 Å². The normalized spacial score (nSPS) is 31.4. The van der Waals surface area contributed by atoms with Crippen molar-refractivity contribution in [3.05, 3.63) is 57.6 Å². The summed E-state index contributed by atoms with van der Waals surface area (Å²) in [5, 5.41) is 3.02. The molecule has 0 radical (unpaired) electrons. The first kappa shape index (κ1) is 19.2. The zero-order valence-electron chi connectivity index (χ0n) is 17.3. The molecular weight excluding hydrogens is 458 g/mol. The van der Waals surface area contributed by atoms with E-state index in [4.69, 9.17) is 0 Å². The fourth-order valence-corrected chi connectivity index (χ4v) is 7.02. The third-order valence-electron chi connectivity index (χ3n) is 7.49. The lowest BCUT2D eigenvalue weighted by atomic mass is 9.75. The minimum atomic E-state index is -1.12. The number of hydrogen-bond acceptors (Lipinski definition) is 4. The Balaban J connectivity index is 1.57. The summed E-state index contributed by atoms with van der Waals surface area (Å²) in [6.07, 6.45) is 1.74. The summed E-state index contributed by atoms with van der Waals surface area (Å²) in [5.74, 6) is -1.89. The van der Waals surface area contributed by atoms with Crippen LogP contribution in [0.1, 0.15) is 29.5 Å². The molecule has 4 heterocycles. The van der Waals surface area contributed by atoms with Crippen molar-refractivity contribution in [2.75, 3.05) is 16.8 Å². The van der Waals surface area contributed by atoms with Crippen LogP contribution in [0.25, 0.3) is 0 Å². The van der Waals surface area contributed by atoms with Gasteiger partial charge in [-0.3, -0.25) is 19.3 Å². The van der Waals surface area contributed by atoms with Crippen molar-refractivity contribution in [3.8, 4) is 0 Å². The highest BCUT2D eigenvalue weighted by Gasteiger charge is 2.74. The van der Waals surface area contributed by atoms with E-state index in [9.17, 15) is 14.4 Å². The van der Waals surface area contributed by atoms with Gasteiger partial charge in [-0.1, -0.05) is 23.8 Å². The number of hydrogen-bond donors (Lipinski definition) is 1. The van der Waals surface area contributed by atoms with Crippen LogP contribution in [0.5, 0.6) is 0 Å². The summed E-state index contributed by atoms with van der Waals surface area (Å²) in [4.78, 5) is 44.8. The highest BCUT2D eigenvalue weighted by atomic mass is 79.9. The van der Waals surface area contributed by atoms with Gasteiger partial charge in [0.15, 0.2) is 0 Å². The Labute approximate surface area is 188 Å². The van der Waals surface area contributed by atoms with E-state index in [1.165, 1.54) is 4.90 Å². The predicted octanol–water partition coefficient (Wildman–Crippen LogP) is 3.50. The predicted molar refractivity (Wildman–Crippen MR) is 120 cm³/mol. The number of anilines is 2. The lowest BCUT2D eigenvalue weighted by molar-refractivity contribution is -0.135. The number of nitrogens with one attached hydrogen (secondary N) is 1. The van der Waals surface area contributed by atoms with Crippen LogP contribution in [0.15, 0.2) is 40.9 Å². The molecule has 3 fully saturated rings. The van der Waals surface area contributed by atoms with E-state index >= 15 is 0 Å². The minimum Gasteiger partial charge on any atom is -0.324 e. The highest BCUT2D eigenvalue weighted by molar-refractivity contribution is 9.10. The second-order valence-corrected chi connectivity index (χ2v) is 10.00. The Kier molecular flexibility index (Phi) is 3.88. The first-order valence-electron chi connectivity index (χ1n) is 10.7. The van der Waals surface area contributed by atoms with E-state index in [0.29, 0.717) is 16.7 Å². The minimum absolute atomic E-state index is 0.104. The lowest BCUT2D eigenvalue weighted by Crippen LogP contribution is -2.54. The van der Waals surface area contributed by atoms with Gasteiger partial charge in [0, 0.05) is 21.8 Å². The molecule has 4 atom stereocenters. The molecule has 0 bridgehead atoms. The van der Waals surface area contributed by atoms with Gasteiger partial charge < -0.3 is 5.32 Å². The van der Waals surface area contributed by atoms with Crippen molar-refractivity contribution in [3.63, 3.8) is 0 Å². The number of fused-ring (bicyclic) bond motifs is 7. The molecule has 4 aliphatic rings. The zero-order valence-corrected chi connectivity index (χ0v) is 18.9. The van der Waals surface area contributed by atoms with Crippen molar-refractivity contribution in [1.82, 2.24) is 4.90 Å². The lowest BCUT2D eigenvalue weighted by Gasteiger charge is -2.36. The number of nitrogens with zero attached hydrogens (tertiary/aromatic N) is 2. The number of carbonyl (C=O) groups excluding carboxylic acids is 3. The molecule has 3 saturated heterocycles. The van der Waals surface area contributed by atoms with E-state index in [0.717, 1.165) is 35.2 Å². The summed E-state index contributed by atoms with van der Waals surface area (Å²) < 4.78 is 0.707. The van der Waals surface area contributed by atoms with Gasteiger partial charge in [0.1, 0.15) is 5.54 Å². The molecular formula is C24H22BrN3O3. The van der Waals surface area contributed by atoms with Crippen LogP contribution in [-0.4, -0.2) is 35.2 Å². The Morgan fingerprint density at radius 2 is 1.77 bits per heavy atom. The molecule has 6 rings (SSSR count). The van der Waals surface area contributed by atoms with Gasteiger partial charge in [-0.2, -0.15) is 0 Å². The second kappa shape index (κ2) is 6.26. The zero-order chi connectivity index (χ0) is 21.7. The summed E-state index contributed by atoms with van der Waals surface area (Å²) in [5.41, 5.74) is 3.08. The van der Waals surface area contributed by atoms with Gasteiger partial charge in [0.05, 0.1) is 17.5 Å². The number of amides is 3. The highest BCUT2D eigenvalue weighted by Crippen LogP contribution is 2.61. The maximum Gasteiger partial charge on any atom is 0.250 e. The fourth-order valence-electron chi connectivity index (χ4n) is 6.35. The smallest absolute Gasteiger partial charge is 0.250 e. The van der Waals surface area contributed by atoms with Gasteiger partial charge in [-0.15, -0.1) is 0 Å². The topological polar surface area (TPSA) is 69.7 Å². The van der Waals surface area contributed by atoms with Gasteiger partial charge in [-0.05, 0) is 72.9 Å². The SMILES string of the molecule is Cc1ccc(N2C(=O)[C@H]3[C@@H](C2=O)[C@@]2(C(=O)Nc4ccc(C)cc42)N2CCC[C@@H]32)c(Br)c1. The van der Waals surface area contributed by atoms with Gasteiger partial charge in [0.25, 0.3) is 0 Å². The number of benzene rings is 2. The van der Waals surface area contributed by atoms with Crippen LogP contribution < -0.4 is 10.2 Å². The third kappa shape index (κ3) is 2.23. The third-order valence-corrected chi connectivity index (χ3v) is 8.13. The van der Waals surface area contributed by atoms with Crippen molar-refractivity contribution < 1.29 is 14.4 Å². The Hall–Kier alpha value is -2.51. The standard InChI is InChI=1S/C24H22BrN3O3/c1-12-5-7-16-14(10-12)24(23(31)26-16)20-19(18-4-3-9-27(18)24)21(29)28(22(20)30)17-8-6-13(2)11-15(17)25/h5-8,10-11,18-20H,3-4,9H2,1-2H3,(H,26,31)/t18-,19+,20-,24-/m0/s1. The summed E-state index contributed by atoms with van der Waals surface area (Å²) >= 11 is 3.53. The Morgan fingerprint density at radius 3 is 2.55 bits per heavy atom. The molecule has 2 aromatic rings. The molecule has 3 amide bonds. The molecule has 1 spiro atoms. The van der Waals surface area contributed by atoms with Crippen LogP contribution in [-0.2, 0) is 19.9 Å². The van der Waals surface area contributed by atoms with E-state index in [-0.39, 0.29) is 23.8 Å². The van der Waals surface area contributed by atoms with Crippen LogP contribution in [0.4, 0.5) is 11.4 Å². The van der Waals surface area contributed by atoms with Crippen LogP contribution in [0.3, 0.4) is 0 Å². The quantitative estimate of drug-likeness (QED) is 0.635. The van der Waals surface area contributed by atoms with Crippen LogP contribution in [0.2, 0.25) is 0 Å². The summed E-state index contributed by atoms with van der Waals surface area (Å²) in [7, 11) is 0. The Morgan fingerprint density at radius 1 is 1.03 bits per heavy atom. The average molecular weight is 480 g/mol. The number of aryl methyl sites for hydroxylation is 2. The average Bonchev–Trinajstić information content (AvgIpc) is 3.42. The summed E-state index contributed by atoms with van der Waals surface area (Å²) in [6.45, 7) is 4.67. The maximum absolute atomic E-state index is 13.9. The maximum atomic E-state index is 13.9. The van der Waals surface area contributed by atoms with E-state index < -0.39 is 17.4 Å². The number of carbonyl (C=O) groups is 3. The number of halogens is 1. The molecule has 158 valence electrons. The van der Waals surface area contributed by atoms with E-state index in [1.54, 1.807) is 0 Å². The molecule has 4 aliphatic heterocycles. The molecule has 0 aromatic heterocycles. The Bertz CT molecular complexity index is 1190. The van der Waals surface area contributed by atoms with Gasteiger partial charge in [0.2, 0.25) is 17.7 Å². The van der Waals surface area contributed by atoms with E-state index in [2.05, 4.69) is 26.1 Å². The largest absolute Gasteiger partial charge is 0.324 e. The van der Waals surface area contributed by atoms with Crippen molar-refractivity contribution >= 4 is 45.0 Å². The van der Waals surface area contributed by atoms with E-state index in [1.807, 2.05) is 50.2 Å². The van der Waals surface area contributed by atoms with Gasteiger partial charge in [-0.25, -0.2) is 4.90 Å². The second-order valence-electron chi connectivity index (χ2n) is 9.14. The summed E-state index contributed by atoms with van der Waals surface area (Å²) in [6, 6.07) is 11.4. The molecule has 0 unspecified atom stereocenters. The number of imide groups is 1. The van der Waals surface area contributed by atoms with Crippen LogP contribution >= 0.6 is 15.9 Å².